The fourth-order valence-corrected chi connectivity index (χ4v) is 7.70. The Hall–Kier alpha value is -2.92. The summed E-state index contributed by atoms with van der Waals surface area (Å²) >= 11 is 0. The molecular weight excluding hydrogens is 813 g/mol. The SMILES string of the molecule is CC/C=C\C/C=C\C/C=C\C/C=C\C/C=C\CCCCCC(=O)OCC(COCCCCCCCC/C=C\CCCCCCCC)OC(=O)CCCCCCC/C=C\CCCCCCCC. The number of unbranched alkanes of at least 4 members (excludes halogenated alkanes) is 26. The van der Waals surface area contributed by atoms with Crippen molar-refractivity contribution in [2.45, 2.75) is 271 Å². The third kappa shape index (κ3) is 53.7. The Morgan fingerprint density at radius 1 is 0.348 bits per heavy atom. The van der Waals surface area contributed by atoms with Crippen molar-refractivity contribution in [1.29, 1.82) is 0 Å². The Labute approximate surface area is 409 Å². The first-order chi connectivity index (χ1) is 32.6. The molecule has 5 nitrogen and oxygen atoms in total. The molecule has 1 unspecified atom stereocenters. The summed E-state index contributed by atoms with van der Waals surface area (Å²) in [5.74, 6) is -0.443. The second kappa shape index (κ2) is 56.4. The van der Waals surface area contributed by atoms with Gasteiger partial charge in [0.2, 0.25) is 0 Å². The van der Waals surface area contributed by atoms with Gasteiger partial charge < -0.3 is 14.2 Å². The molecule has 0 heterocycles. The zero-order chi connectivity index (χ0) is 47.7. The number of allylic oxidation sites excluding steroid dienone is 14. The van der Waals surface area contributed by atoms with Gasteiger partial charge in [-0.1, -0.05) is 221 Å². The van der Waals surface area contributed by atoms with Gasteiger partial charge in [0.1, 0.15) is 6.61 Å². The molecule has 0 rings (SSSR count). The van der Waals surface area contributed by atoms with Crippen LogP contribution in [0.5, 0.6) is 0 Å². The second-order valence-electron chi connectivity index (χ2n) is 18.4. The van der Waals surface area contributed by atoms with Gasteiger partial charge in [0, 0.05) is 19.4 Å². The molecule has 0 bridgehead atoms. The number of rotatable bonds is 51. The van der Waals surface area contributed by atoms with Crippen LogP contribution in [-0.4, -0.2) is 37.9 Å². The Morgan fingerprint density at radius 3 is 1.12 bits per heavy atom. The molecule has 5 heteroatoms. The Bertz CT molecular complexity index is 1220. The lowest BCUT2D eigenvalue weighted by Gasteiger charge is -2.18. The molecule has 0 fully saturated rings. The van der Waals surface area contributed by atoms with Gasteiger partial charge in [-0.2, -0.15) is 0 Å². The van der Waals surface area contributed by atoms with Crippen molar-refractivity contribution in [1.82, 2.24) is 0 Å². The maximum atomic E-state index is 12.8. The second-order valence-corrected chi connectivity index (χ2v) is 18.4. The van der Waals surface area contributed by atoms with E-state index in [1.54, 1.807) is 0 Å². The van der Waals surface area contributed by atoms with Crippen molar-refractivity contribution in [2.75, 3.05) is 19.8 Å². The van der Waals surface area contributed by atoms with Gasteiger partial charge in [0.15, 0.2) is 6.10 Å². The maximum Gasteiger partial charge on any atom is 0.306 e. The predicted octanol–water partition coefficient (Wildman–Crippen LogP) is 19.2. The van der Waals surface area contributed by atoms with Crippen molar-refractivity contribution in [3.63, 3.8) is 0 Å². The minimum atomic E-state index is -0.561. The van der Waals surface area contributed by atoms with Crippen LogP contribution in [0.4, 0.5) is 0 Å². The molecule has 66 heavy (non-hydrogen) atoms. The van der Waals surface area contributed by atoms with Crippen LogP contribution in [0, 0.1) is 0 Å². The van der Waals surface area contributed by atoms with E-state index in [4.69, 9.17) is 14.2 Å². The van der Waals surface area contributed by atoms with E-state index < -0.39 is 6.10 Å². The van der Waals surface area contributed by atoms with Crippen LogP contribution in [0.25, 0.3) is 0 Å². The largest absolute Gasteiger partial charge is 0.462 e. The zero-order valence-electron chi connectivity index (χ0n) is 43.7. The molecule has 0 aliphatic carbocycles. The lowest BCUT2D eigenvalue weighted by molar-refractivity contribution is -0.163. The first kappa shape index (κ1) is 63.1. The maximum absolute atomic E-state index is 12.8. The minimum Gasteiger partial charge on any atom is -0.462 e. The van der Waals surface area contributed by atoms with Gasteiger partial charge in [-0.3, -0.25) is 9.59 Å². The summed E-state index contributed by atoms with van der Waals surface area (Å²) in [6, 6.07) is 0. The van der Waals surface area contributed by atoms with Crippen molar-refractivity contribution in [3.05, 3.63) is 85.1 Å². The summed E-state index contributed by atoms with van der Waals surface area (Å²) < 4.78 is 17.4. The Balaban J connectivity index is 4.36. The molecule has 0 saturated carbocycles. The van der Waals surface area contributed by atoms with Gasteiger partial charge in [0.25, 0.3) is 0 Å². The summed E-state index contributed by atoms with van der Waals surface area (Å²) in [5, 5.41) is 0. The third-order valence-corrected chi connectivity index (χ3v) is 11.9. The monoisotopic (exact) mass is 919 g/mol. The summed E-state index contributed by atoms with van der Waals surface area (Å²) in [4.78, 5) is 25.5. The normalized spacial score (nSPS) is 12.8. The van der Waals surface area contributed by atoms with E-state index in [9.17, 15) is 9.59 Å². The standard InChI is InChI=1S/C61H106O5/c1-4-7-10-13-16-19-22-25-28-30-31-32-34-36-39-42-45-48-51-54-60(62)65-58-59(57-64-56-53-50-47-44-41-38-35-29-26-23-20-17-14-11-8-5-2)66-61(63)55-52-49-46-43-40-37-33-27-24-21-18-15-12-9-6-3/h7,10,16,19,25-29,31-33,36,39,59H,4-6,8-9,11-15,17-18,20-24,30,34-35,37-38,40-58H2,1-3H3/b10-7-,19-16-,28-25-,29-26-,32-31-,33-27-,39-36-. The molecule has 0 amide bonds. The molecule has 0 aromatic carbocycles. The predicted molar refractivity (Wildman–Crippen MR) is 288 cm³/mol. The van der Waals surface area contributed by atoms with Crippen LogP contribution in [0.1, 0.15) is 265 Å². The zero-order valence-corrected chi connectivity index (χ0v) is 43.7. The van der Waals surface area contributed by atoms with Gasteiger partial charge in [-0.15, -0.1) is 0 Å². The molecule has 0 aliphatic rings. The highest BCUT2D eigenvalue weighted by atomic mass is 16.6. The van der Waals surface area contributed by atoms with E-state index in [-0.39, 0.29) is 25.2 Å². The molecule has 0 aliphatic heterocycles. The van der Waals surface area contributed by atoms with Gasteiger partial charge in [-0.25, -0.2) is 0 Å². The molecule has 1 atom stereocenters. The van der Waals surface area contributed by atoms with E-state index in [2.05, 4.69) is 106 Å². The molecule has 0 radical (unpaired) electrons. The van der Waals surface area contributed by atoms with Crippen molar-refractivity contribution >= 4 is 11.9 Å². The van der Waals surface area contributed by atoms with E-state index in [0.717, 1.165) is 96.3 Å². The number of carbonyl (C=O) groups excluding carboxylic acids is 2. The Morgan fingerprint density at radius 2 is 0.682 bits per heavy atom. The molecule has 380 valence electrons. The lowest BCUT2D eigenvalue weighted by atomic mass is 10.1. The average molecular weight is 920 g/mol. The highest BCUT2D eigenvalue weighted by Gasteiger charge is 2.17. The third-order valence-electron chi connectivity index (χ3n) is 11.9. The van der Waals surface area contributed by atoms with Crippen LogP contribution in [0.2, 0.25) is 0 Å². The van der Waals surface area contributed by atoms with Crippen molar-refractivity contribution in [2.24, 2.45) is 0 Å². The number of esters is 2. The molecular formula is C61H106O5. The topological polar surface area (TPSA) is 61.8 Å². The first-order valence-corrected chi connectivity index (χ1v) is 28.1. The number of carbonyl (C=O) groups is 2. The quantitative estimate of drug-likeness (QED) is 0.0346. The summed E-state index contributed by atoms with van der Waals surface area (Å²) in [7, 11) is 0. The van der Waals surface area contributed by atoms with Gasteiger partial charge in [0.05, 0.1) is 6.61 Å². The van der Waals surface area contributed by atoms with Crippen LogP contribution < -0.4 is 0 Å². The highest BCUT2D eigenvalue weighted by Crippen LogP contribution is 2.14. The van der Waals surface area contributed by atoms with E-state index in [1.807, 2.05) is 0 Å². The molecule has 0 N–H and O–H groups in total. The average Bonchev–Trinajstić information content (AvgIpc) is 3.32. The van der Waals surface area contributed by atoms with Crippen LogP contribution in [0.15, 0.2) is 85.1 Å². The molecule has 0 spiro atoms. The highest BCUT2D eigenvalue weighted by molar-refractivity contribution is 5.70. The van der Waals surface area contributed by atoms with E-state index >= 15 is 0 Å². The summed E-state index contributed by atoms with van der Waals surface area (Å²) in [5.41, 5.74) is 0. The lowest BCUT2D eigenvalue weighted by Crippen LogP contribution is -2.30. The van der Waals surface area contributed by atoms with E-state index in [0.29, 0.717) is 19.4 Å². The number of hydrogen-bond donors (Lipinski definition) is 0. The fraction of sp³-hybridized carbons (Fsp3) is 0.738. The molecule has 0 saturated heterocycles. The van der Waals surface area contributed by atoms with Gasteiger partial charge in [-0.05, 0) is 116 Å². The van der Waals surface area contributed by atoms with Crippen molar-refractivity contribution < 1.29 is 23.8 Å². The molecule has 0 aromatic heterocycles. The summed E-state index contributed by atoms with van der Waals surface area (Å²) in [6.07, 6.45) is 74.5. The smallest absolute Gasteiger partial charge is 0.306 e. The number of ether oxygens (including phenoxy) is 3. The summed E-state index contributed by atoms with van der Waals surface area (Å²) in [6.45, 7) is 7.67. The van der Waals surface area contributed by atoms with E-state index in [1.165, 1.54) is 135 Å². The van der Waals surface area contributed by atoms with Crippen molar-refractivity contribution in [3.8, 4) is 0 Å². The van der Waals surface area contributed by atoms with Crippen LogP contribution >= 0.6 is 0 Å². The van der Waals surface area contributed by atoms with Crippen LogP contribution in [0.3, 0.4) is 0 Å². The minimum absolute atomic E-state index is 0.0599. The Kier molecular flexibility index (Phi) is 53.9. The van der Waals surface area contributed by atoms with Crippen LogP contribution in [-0.2, 0) is 23.8 Å². The van der Waals surface area contributed by atoms with Gasteiger partial charge >= 0.3 is 11.9 Å². The first-order valence-electron chi connectivity index (χ1n) is 28.1. The molecule has 0 aromatic rings. The number of hydrogen-bond acceptors (Lipinski definition) is 5. The fourth-order valence-electron chi connectivity index (χ4n) is 7.70.